The Morgan fingerprint density at radius 3 is 2.93 bits per heavy atom. The largest absolute Gasteiger partial charge is 0.437 e. The molecular weight excluding hydrogens is 366 g/mol. The van der Waals surface area contributed by atoms with Crippen LogP contribution in [0.4, 0.5) is 4.79 Å². The standard InChI is InChI=1S/C20H18ClN3O3/c1-11-13(14-5-3-6-15(21)18(14)23-11)9-10-22-20(25)27-17-8-4-7-16-19(17)26-12(2)24-16/h3-8,23H,9-10H2,1-2H3,(H,22,25). The van der Waals surface area contributed by atoms with Gasteiger partial charge in [-0.15, -0.1) is 0 Å². The third kappa shape index (κ3) is 3.36. The smallest absolute Gasteiger partial charge is 0.412 e. The number of ether oxygens (including phenoxy) is 1. The van der Waals surface area contributed by atoms with Crippen molar-refractivity contribution in [3.05, 3.63) is 58.6 Å². The molecule has 0 radical (unpaired) electrons. The number of amides is 1. The lowest BCUT2D eigenvalue weighted by Gasteiger charge is -2.07. The molecule has 2 N–H and O–H groups in total. The first-order valence-electron chi connectivity index (χ1n) is 8.60. The summed E-state index contributed by atoms with van der Waals surface area (Å²) >= 11 is 6.23. The van der Waals surface area contributed by atoms with Crippen LogP contribution in [0.25, 0.3) is 22.0 Å². The molecule has 138 valence electrons. The minimum Gasteiger partial charge on any atom is -0.437 e. The molecule has 0 aliphatic carbocycles. The molecule has 4 aromatic rings. The molecule has 2 heterocycles. The van der Waals surface area contributed by atoms with E-state index < -0.39 is 6.09 Å². The Kier molecular flexibility index (Phi) is 4.49. The van der Waals surface area contributed by atoms with E-state index in [4.69, 9.17) is 20.8 Å². The van der Waals surface area contributed by atoms with E-state index in [0.29, 0.717) is 40.7 Å². The summed E-state index contributed by atoms with van der Waals surface area (Å²) in [6, 6.07) is 11.0. The van der Waals surface area contributed by atoms with Crippen LogP contribution in [0.15, 0.2) is 40.8 Å². The lowest BCUT2D eigenvalue weighted by molar-refractivity contribution is 0.200. The fourth-order valence-corrected chi connectivity index (χ4v) is 3.45. The monoisotopic (exact) mass is 383 g/mol. The Labute approximate surface area is 160 Å². The van der Waals surface area contributed by atoms with Gasteiger partial charge in [0.1, 0.15) is 5.52 Å². The van der Waals surface area contributed by atoms with Gasteiger partial charge in [-0.2, -0.15) is 0 Å². The van der Waals surface area contributed by atoms with Gasteiger partial charge in [-0.25, -0.2) is 9.78 Å². The highest BCUT2D eigenvalue weighted by molar-refractivity contribution is 6.35. The van der Waals surface area contributed by atoms with Crippen LogP contribution in [0, 0.1) is 13.8 Å². The van der Waals surface area contributed by atoms with Crippen molar-refractivity contribution in [2.75, 3.05) is 6.54 Å². The van der Waals surface area contributed by atoms with Crippen molar-refractivity contribution in [1.82, 2.24) is 15.3 Å². The Morgan fingerprint density at radius 1 is 1.26 bits per heavy atom. The fourth-order valence-electron chi connectivity index (χ4n) is 3.23. The highest BCUT2D eigenvalue weighted by Crippen LogP contribution is 2.28. The van der Waals surface area contributed by atoms with E-state index in [-0.39, 0.29) is 0 Å². The quantitative estimate of drug-likeness (QED) is 0.524. The fraction of sp³-hybridized carbons (Fsp3) is 0.200. The number of benzene rings is 2. The van der Waals surface area contributed by atoms with Crippen LogP contribution in [-0.2, 0) is 6.42 Å². The third-order valence-electron chi connectivity index (χ3n) is 4.44. The number of aromatic nitrogens is 2. The van der Waals surface area contributed by atoms with Crippen LogP contribution in [-0.4, -0.2) is 22.6 Å². The Hall–Kier alpha value is -2.99. The van der Waals surface area contributed by atoms with Gasteiger partial charge in [0.05, 0.1) is 10.5 Å². The molecule has 0 bridgehead atoms. The number of nitrogens with zero attached hydrogens (tertiary/aromatic N) is 1. The molecule has 0 aliphatic rings. The average Bonchev–Trinajstić information content (AvgIpc) is 3.16. The highest BCUT2D eigenvalue weighted by atomic mass is 35.5. The van der Waals surface area contributed by atoms with Crippen molar-refractivity contribution in [3.63, 3.8) is 0 Å². The number of rotatable bonds is 4. The second-order valence-corrected chi connectivity index (χ2v) is 6.70. The summed E-state index contributed by atoms with van der Waals surface area (Å²) < 4.78 is 10.9. The number of hydrogen-bond acceptors (Lipinski definition) is 4. The number of para-hydroxylation sites is 2. The van der Waals surface area contributed by atoms with Crippen LogP contribution < -0.4 is 10.1 Å². The van der Waals surface area contributed by atoms with Crippen LogP contribution in [0.2, 0.25) is 5.02 Å². The summed E-state index contributed by atoms with van der Waals surface area (Å²) in [5.74, 6) is 0.871. The summed E-state index contributed by atoms with van der Waals surface area (Å²) in [6.45, 7) is 4.18. The van der Waals surface area contributed by atoms with Crippen molar-refractivity contribution in [1.29, 1.82) is 0 Å². The third-order valence-corrected chi connectivity index (χ3v) is 4.75. The number of halogens is 1. The molecule has 0 atom stereocenters. The van der Waals surface area contributed by atoms with Crippen molar-refractivity contribution in [3.8, 4) is 5.75 Å². The normalized spacial score (nSPS) is 11.2. The van der Waals surface area contributed by atoms with E-state index in [0.717, 1.165) is 22.2 Å². The van der Waals surface area contributed by atoms with Gasteiger partial charge < -0.3 is 19.5 Å². The van der Waals surface area contributed by atoms with Crippen LogP contribution in [0.3, 0.4) is 0 Å². The molecule has 2 aromatic carbocycles. The van der Waals surface area contributed by atoms with Gasteiger partial charge in [-0.05, 0) is 37.1 Å². The van der Waals surface area contributed by atoms with Crippen LogP contribution >= 0.6 is 11.6 Å². The first-order chi connectivity index (χ1) is 13.0. The highest BCUT2D eigenvalue weighted by Gasteiger charge is 2.14. The second-order valence-electron chi connectivity index (χ2n) is 6.29. The number of oxazole rings is 1. The summed E-state index contributed by atoms with van der Waals surface area (Å²) in [5, 5.41) is 4.53. The molecule has 4 rings (SSSR count). The predicted octanol–water partition coefficient (Wildman–Crippen LogP) is 4.91. The first kappa shape index (κ1) is 17.4. The Morgan fingerprint density at radius 2 is 2.07 bits per heavy atom. The number of carbonyl (C=O) groups is 1. The van der Waals surface area contributed by atoms with Crippen molar-refractivity contribution in [2.24, 2.45) is 0 Å². The zero-order valence-corrected chi connectivity index (χ0v) is 15.7. The van der Waals surface area contributed by atoms with E-state index in [1.54, 1.807) is 19.1 Å². The maximum absolute atomic E-state index is 12.2. The van der Waals surface area contributed by atoms with Crippen molar-refractivity contribution < 1.29 is 13.9 Å². The molecule has 7 heteroatoms. The van der Waals surface area contributed by atoms with Gasteiger partial charge in [0.25, 0.3) is 0 Å². The van der Waals surface area contributed by atoms with E-state index in [1.165, 1.54) is 0 Å². The Balaban J connectivity index is 1.43. The molecule has 0 fully saturated rings. The molecule has 2 aromatic heterocycles. The molecule has 0 saturated carbocycles. The van der Waals surface area contributed by atoms with Gasteiger partial charge in [-0.3, -0.25) is 0 Å². The summed E-state index contributed by atoms with van der Waals surface area (Å²) in [7, 11) is 0. The van der Waals surface area contributed by atoms with Gasteiger partial charge in [0.2, 0.25) is 0 Å². The van der Waals surface area contributed by atoms with E-state index >= 15 is 0 Å². The van der Waals surface area contributed by atoms with E-state index in [2.05, 4.69) is 15.3 Å². The molecule has 0 saturated heterocycles. The number of nitrogens with one attached hydrogen (secondary N) is 2. The molecular formula is C20H18ClN3O3. The molecule has 0 spiro atoms. The average molecular weight is 384 g/mol. The van der Waals surface area contributed by atoms with Crippen LogP contribution in [0.5, 0.6) is 5.75 Å². The summed E-state index contributed by atoms with van der Waals surface area (Å²) in [5.41, 5.74) is 4.20. The zero-order valence-electron chi connectivity index (χ0n) is 14.9. The second kappa shape index (κ2) is 6.96. The predicted molar refractivity (Wildman–Crippen MR) is 105 cm³/mol. The number of hydrogen-bond donors (Lipinski definition) is 2. The zero-order chi connectivity index (χ0) is 19.0. The lowest BCUT2D eigenvalue weighted by Crippen LogP contribution is -2.28. The number of fused-ring (bicyclic) bond motifs is 2. The molecule has 0 aliphatic heterocycles. The minimum atomic E-state index is -0.535. The van der Waals surface area contributed by atoms with Gasteiger partial charge >= 0.3 is 6.09 Å². The number of carbonyl (C=O) groups excluding carboxylic acids is 1. The SMILES string of the molecule is Cc1nc2cccc(OC(=O)NCCc3c(C)[nH]c4c(Cl)cccc34)c2o1. The minimum absolute atomic E-state index is 0.348. The molecule has 0 unspecified atom stereocenters. The van der Waals surface area contributed by atoms with Gasteiger partial charge in [-0.1, -0.05) is 29.8 Å². The molecule has 27 heavy (non-hydrogen) atoms. The van der Waals surface area contributed by atoms with Crippen molar-refractivity contribution >= 4 is 39.7 Å². The molecule has 6 nitrogen and oxygen atoms in total. The first-order valence-corrected chi connectivity index (χ1v) is 8.98. The topological polar surface area (TPSA) is 80.1 Å². The Bertz CT molecular complexity index is 1150. The number of H-pyrrole nitrogens is 1. The van der Waals surface area contributed by atoms with E-state index in [1.807, 2.05) is 31.2 Å². The van der Waals surface area contributed by atoms with Crippen molar-refractivity contribution in [2.45, 2.75) is 20.3 Å². The molecule has 1 amide bonds. The van der Waals surface area contributed by atoms with Gasteiger partial charge in [0.15, 0.2) is 17.2 Å². The summed E-state index contributed by atoms with van der Waals surface area (Å²) in [6.07, 6.45) is 0.125. The maximum Gasteiger partial charge on any atom is 0.412 e. The lowest BCUT2D eigenvalue weighted by atomic mass is 10.1. The van der Waals surface area contributed by atoms with Gasteiger partial charge in [0, 0.05) is 24.5 Å². The van der Waals surface area contributed by atoms with E-state index in [9.17, 15) is 4.79 Å². The number of aryl methyl sites for hydroxylation is 2. The van der Waals surface area contributed by atoms with Crippen LogP contribution in [0.1, 0.15) is 17.1 Å². The summed E-state index contributed by atoms with van der Waals surface area (Å²) in [4.78, 5) is 19.7. The maximum atomic E-state index is 12.2. The number of aromatic amines is 1.